The van der Waals surface area contributed by atoms with E-state index in [4.69, 9.17) is 5.11 Å². The average Bonchev–Trinajstić information content (AvgIpc) is 1.86. The molecule has 0 atom stereocenters. The lowest BCUT2D eigenvalue weighted by molar-refractivity contribution is -0.199. The molecular weight excluding hydrogens is 165 g/mol. The first-order valence-corrected chi connectivity index (χ1v) is 2.83. The molecule has 0 saturated carbocycles. The van der Waals surface area contributed by atoms with Gasteiger partial charge in [0, 0.05) is 13.0 Å². The highest BCUT2D eigenvalue weighted by molar-refractivity contribution is 5.75. The van der Waals surface area contributed by atoms with E-state index < -0.39 is 18.8 Å². The number of carbonyl (C=O) groups is 1. The predicted octanol–water partition coefficient (Wildman–Crippen LogP) is 0.474. The summed E-state index contributed by atoms with van der Waals surface area (Å²) >= 11 is 0. The second-order valence-electron chi connectivity index (χ2n) is 1.71. The predicted molar refractivity (Wildman–Crippen MR) is 28.7 cm³/mol. The van der Waals surface area contributed by atoms with E-state index in [1.165, 1.54) is 0 Å². The average molecular weight is 172 g/mol. The van der Waals surface area contributed by atoms with Crippen LogP contribution in [0.4, 0.5) is 13.2 Å². The zero-order chi connectivity index (χ0) is 8.91. The molecule has 0 bridgehead atoms. The highest BCUT2D eigenvalue weighted by atomic mass is 19.4. The normalized spacial score (nSPS) is 11.3. The molecule has 0 aromatic carbocycles. The standard InChI is InChI=1S/C5H7F3O3/c6-5(7,8)4(10)11-3-1-2-9/h9H,1-3H2. The van der Waals surface area contributed by atoms with Gasteiger partial charge in [-0.2, -0.15) is 13.2 Å². The number of alkyl halides is 3. The van der Waals surface area contributed by atoms with Crippen molar-refractivity contribution in [3.8, 4) is 0 Å². The van der Waals surface area contributed by atoms with Gasteiger partial charge >= 0.3 is 12.1 Å². The molecule has 0 aromatic heterocycles. The Labute approximate surface area is 60.8 Å². The van der Waals surface area contributed by atoms with Crippen molar-refractivity contribution in [2.75, 3.05) is 13.2 Å². The largest absolute Gasteiger partial charge is 0.490 e. The van der Waals surface area contributed by atoms with Crippen molar-refractivity contribution in [2.45, 2.75) is 12.6 Å². The summed E-state index contributed by atoms with van der Waals surface area (Å²) < 4.78 is 37.7. The number of esters is 1. The van der Waals surface area contributed by atoms with Gasteiger partial charge in [-0.15, -0.1) is 0 Å². The summed E-state index contributed by atoms with van der Waals surface area (Å²) in [5, 5.41) is 8.11. The van der Waals surface area contributed by atoms with E-state index >= 15 is 0 Å². The number of rotatable bonds is 3. The fraction of sp³-hybridized carbons (Fsp3) is 0.800. The van der Waals surface area contributed by atoms with E-state index in [1.54, 1.807) is 0 Å². The molecule has 0 amide bonds. The molecule has 0 aliphatic heterocycles. The zero-order valence-corrected chi connectivity index (χ0v) is 5.52. The van der Waals surface area contributed by atoms with Crippen molar-refractivity contribution in [1.29, 1.82) is 0 Å². The number of aliphatic hydroxyl groups is 1. The van der Waals surface area contributed by atoms with Gasteiger partial charge in [0.25, 0.3) is 0 Å². The number of hydrogen-bond donors (Lipinski definition) is 1. The summed E-state index contributed by atoms with van der Waals surface area (Å²) in [5.74, 6) is -2.22. The minimum Gasteiger partial charge on any atom is -0.459 e. The first-order valence-electron chi connectivity index (χ1n) is 2.83. The van der Waals surface area contributed by atoms with Gasteiger partial charge in [0.1, 0.15) is 0 Å². The summed E-state index contributed by atoms with van der Waals surface area (Å²) in [6.45, 7) is -0.708. The number of carbonyl (C=O) groups excluding carboxylic acids is 1. The fourth-order valence-corrected chi connectivity index (χ4v) is 0.311. The molecule has 0 unspecified atom stereocenters. The summed E-state index contributed by atoms with van der Waals surface area (Å²) in [4.78, 5) is 9.91. The van der Waals surface area contributed by atoms with Crippen LogP contribution in [0.3, 0.4) is 0 Å². The Morgan fingerprint density at radius 1 is 1.45 bits per heavy atom. The first kappa shape index (κ1) is 10.2. The van der Waals surface area contributed by atoms with E-state index in [0.717, 1.165) is 0 Å². The maximum absolute atomic E-state index is 11.3. The molecule has 0 fully saturated rings. The molecule has 0 spiro atoms. The van der Waals surface area contributed by atoms with E-state index in [0.29, 0.717) is 0 Å². The zero-order valence-electron chi connectivity index (χ0n) is 5.52. The van der Waals surface area contributed by atoms with Gasteiger partial charge in [-0.05, 0) is 0 Å². The van der Waals surface area contributed by atoms with Crippen molar-refractivity contribution in [2.24, 2.45) is 0 Å². The van der Waals surface area contributed by atoms with Crippen LogP contribution in [0.1, 0.15) is 6.42 Å². The number of aliphatic hydroxyl groups excluding tert-OH is 1. The molecule has 1 N–H and O–H groups in total. The highest BCUT2D eigenvalue weighted by Gasteiger charge is 2.40. The third-order valence-electron chi connectivity index (χ3n) is 0.767. The van der Waals surface area contributed by atoms with E-state index in [9.17, 15) is 18.0 Å². The Morgan fingerprint density at radius 3 is 2.36 bits per heavy atom. The molecule has 0 rings (SSSR count). The molecule has 0 aliphatic rings. The fourth-order valence-electron chi connectivity index (χ4n) is 0.311. The van der Waals surface area contributed by atoms with Crippen molar-refractivity contribution in [1.82, 2.24) is 0 Å². The van der Waals surface area contributed by atoms with Crippen molar-refractivity contribution >= 4 is 5.97 Å². The summed E-state index contributed by atoms with van der Waals surface area (Å²) in [6.07, 6.45) is -4.92. The third-order valence-corrected chi connectivity index (χ3v) is 0.767. The minimum atomic E-state index is -4.94. The Bertz CT molecular complexity index is 131. The molecule has 0 aromatic rings. The van der Waals surface area contributed by atoms with Crippen LogP contribution >= 0.6 is 0 Å². The molecular formula is C5H7F3O3. The lowest BCUT2D eigenvalue weighted by Gasteiger charge is -2.05. The van der Waals surface area contributed by atoms with Gasteiger partial charge in [0.05, 0.1) is 6.61 Å². The van der Waals surface area contributed by atoms with Crippen molar-refractivity contribution in [3.05, 3.63) is 0 Å². The monoisotopic (exact) mass is 172 g/mol. The molecule has 66 valence electrons. The topological polar surface area (TPSA) is 46.5 Å². The quantitative estimate of drug-likeness (QED) is 0.497. The van der Waals surface area contributed by atoms with Crippen LogP contribution in [0.25, 0.3) is 0 Å². The number of hydrogen-bond acceptors (Lipinski definition) is 3. The molecule has 0 saturated heterocycles. The van der Waals surface area contributed by atoms with Gasteiger partial charge in [-0.3, -0.25) is 0 Å². The van der Waals surface area contributed by atoms with Gasteiger partial charge in [-0.1, -0.05) is 0 Å². The highest BCUT2D eigenvalue weighted by Crippen LogP contribution is 2.16. The van der Waals surface area contributed by atoms with Gasteiger partial charge in [0.2, 0.25) is 0 Å². The molecule has 0 heterocycles. The second kappa shape index (κ2) is 4.17. The van der Waals surface area contributed by atoms with Crippen LogP contribution < -0.4 is 0 Å². The second-order valence-corrected chi connectivity index (χ2v) is 1.71. The summed E-state index contributed by atoms with van der Waals surface area (Å²) in [7, 11) is 0. The smallest absolute Gasteiger partial charge is 0.459 e. The lowest BCUT2D eigenvalue weighted by atomic mass is 10.5. The molecule has 0 aliphatic carbocycles. The molecule has 11 heavy (non-hydrogen) atoms. The Morgan fingerprint density at radius 2 is 2.00 bits per heavy atom. The van der Waals surface area contributed by atoms with Crippen LogP contribution in [0.5, 0.6) is 0 Å². The van der Waals surface area contributed by atoms with Gasteiger partial charge in [-0.25, -0.2) is 4.79 Å². The van der Waals surface area contributed by atoms with Crippen LogP contribution in [0.15, 0.2) is 0 Å². The van der Waals surface area contributed by atoms with Crippen molar-refractivity contribution in [3.63, 3.8) is 0 Å². The van der Waals surface area contributed by atoms with E-state index in [1.807, 2.05) is 0 Å². The van der Waals surface area contributed by atoms with Gasteiger partial charge in [0.15, 0.2) is 0 Å². The Hall–Kier alpha value is -0.780. The SMILES string of the molecule is O=C(OCCCO)C(F)(F)F. The van der Waals surface area contributed by atoms with Gasteiger partial charge < -0.3 is 9.84 Å². The Balaban J connectivity index is 3.54. The third kappa shape index (κ3) is 4.60. The molecule has 6 heteroatoms. The lowest BCUT2D eigenvalue weighted by Crippen LogP contribution is -2.25. The van der Waals surface area contributed by atoms with E-state index in [-0.39, 0.29) is 13.0 Å². The van der Waals surface area contributed by atoms with E-state index in [2.05, 4.69) is 4.74 Å². The maximum atomic E-state index is 11.3. The van der Waals surface area contributed by atoms with Crippen LogP contribution in [-0.2, 0) is 9.53 Å². The first-order chi connectivity index (χ1) is 4.98. The number of halogens is 3. The maximum Gasteiger partial charge on any atom is 0.490 e. The summed E-state index contributed by atoms with van der Waals surface area (Å²) in [6, 6.07) is 0. The van der Waals surface area contributed by atoms with Crippen molar-refractivity contribution < 1.29 is 27.8 Å². The van der Waals surface area contributed by atoms with Crippen LogP contribution in [-0.4, -0.2) is 30.5 Å². The Kier molecular flexibility index (Phi) is 3.88. The summed E-state index contributed by atoms with van der Waals surface area (Å²) in [5.41, 5.74) is 0. The molecule has 0 radical (unpaired) electrons. The molecule has 3 nitrogen and oxygen atoms in total. The van der Waals surface area contributed by atoms with Crippen LogP contribution in [0.2, 0.25) is 0 Å². The van der Waals surface area contributed by atoms with Crippen LogP contribution in [0, 0.1) is 0 Å². The number of ether oxygens (including phenoxy) is 1. The minimum absolute atomic E-state index is 0.0157.